The average molecular weight is 519 g/mol. The zero-order valence-corrected chi connectivity index (χ0v) is 18.7. The number of rotatable bonds is 9. The van der Waals surface area contributed by atoms with Crippen LogP contribution in [-0.2, 0) is 36.9 Å². The van der Waals surface area contributed by atoms with Gasteiger partial charge in [-0.2, -0.15) is 8.42 Å². The van der Waals surface area contributed by atoms with E-state index in [1.54, 1.807) is 0 Å². The summed E-state index contributed by atoms with van der Waals surface area (Å²) in [5.74, 6) is -2.97. The Morgan fingerprint density at radius 2 is 2.09 bits per heavy atom. The van der Waals surface area contributed by atoms with E-state index in [1.807, 2.05) is 0 Å². The van der Waals surface area contributed by atoms with E-state index < -0.39 is 45.2 Å². The smallest absolute Gasteiger partial charge is 0.352 e. The van der Waals surface area contributed by atoms with Gasteiger partial charge in [0.05, 0.1) is 0 Å². The Bertz CT molecular complexity index is 1230. The summed E-state index contributed by atoms with van der Waals surface area (Å²) in [6.07, 6.45) is 1.24. The molecule has 0 saturated carbocycles. The van der Waals surface area contributed by atoms with Gasteiger partial charge in [-0.05, 0) is 26.4 Å². The third-order valence-corrected chi connectivity index (χ3v) is 7.38. The van der Waals surface area contributed by atoms with Crippen LogP contribution in [0.3, 0.4) is 0 Å². The molecule has 17 nitrogen and oxygen atoms in total. The predicted molar refractivity (Wildman–Crippen MR) is 108 cm³/mol. The molecule has 0 aliphatic carbocycles. The van der Waals surface area contributed by atoms with Crippen molar-refractivity contribution in [2.45, 2.75) is 29.0 Å². The Balaban J connectivity index is 1.44. The van der Waals surface area contributed by atoms with Gasteiger partial charge >= 0.3 is 5.97 Å². The standard InChI is InChI=1S/C13H14N10O7S3/c24-7(1-21-4-14-17-19-21)15-8-10(25)23-9(12(26)27)6(2-31-11(8)23)3-32-13-16-18-20-22(13)5-33(28,29)30/h4,8,11H,1-3,5H2,(H,15,24)(H,26,27)(H,28,29,30). The van der Waals surface area contributed by atoms with E-state index in [0.29, 0.717) is 5.57 Å². The van der Waals surface area contributed by atoms with Gasteiger partial charge in [0, 0.05) is 11.5 Å². The number of carboxylic acids is 1. The highest BCUT2D eigenvalue weighted by Crippen LogP contribution is 2.41. The van der Waals surface area contributed by atoms with Gasteiger partial charge in [-0.3, -0.25) is 19.0 Å². The molecule has 2 aliphatic heterocycles. The zero-order valence-electron chi connectivity index (χ0n) is 16.2. The number of β-lactam (4-membered cyclic amide) rings is 1. The molecule has 3 N–H and O–H groups in total. The number of aromatic nitrogens is 8. The van der Waals surface area contributed by atoms with E-state index in [4.69, 9.17) is 4.55 Å². The highest BCUT2D eigenvalue weighted by molar-refractivity contribution is 8.01. The third-order valence-electron chi connectivity index (χ3n) is 4.42. The van der Waals surface area contributed by atoms with Crippen LogP contribution >= 0.6 is 23.5 Å². The fraction of sp³-hybridized carbons (Fsp3) is 0.462. The lowest BCUT2D eigenvalue weighted by atomic mass is 10.0. The second-order valence-corrected chi connectivity index (χ2v) is 10.1. The van der Waals surface area contributed by atoms with Gasteiger partial charge in [-0.25, -0.2) is 14.2 Å². The Labute approximate surface area is 192 Å². The number of carbonyl (C=O) groups is 3. The molecule has 0 aromatic carbocycles. The molecule has 0 bridgehead atoms. The van der Waals surface area contributed by atoms with Gasteiger partial charge in [0.1, 0.15) is 30.0 Å². The predicted octanol–water partition coefficient (Wildman–Crippen LogP) is -2.96. The Morgan fingerprint density at radius 3 is 2.76 bits per heavy atom. The molecular formula is C13H14N10O7S3. The summed E-state index contributed by atoms with van der Waals surface area (Å²) in [6, 6.07) is -0.899. The number of tetrazole rings is 2. The first-order valence-electron chi connectivity index (χ1n) is 8.88. The number of amides is 2. The molecule has 2 unspecified atom stereocenters. The number of hydrogen-bond donors (Lipinski definition) is 3. The number of nitrogens with one attached hydrogen (secondary N) is 1. The molecule has 2 aliphatic rings. The van der Waals surface area contributed by atoms with Crippen molar-refractivity contribution in [2.75, 3.05) is 11.5 Å². The molecule has 2 amide bonds. The fourth-order valence-electron chi connectivity index (χ4n) is 3.10. The number of aliphatic carboxylic acids is 1. The molecule has 4 heterocycles. The second-order valence-electron chi connectivity index (χ2n) is 6.68. The van der Waals surface area contributed by atoms with Crippen molar-refractivity contribution in [3.8, 4) is 0 Å². The molecule has 33 heavy (non-hydrogen) atoms. The minimum absolute atomic E-state index is 0.0414. The molecule has 1 saturated heterocycles. The molecule has 0 spiro atoms. The zero-order chi connectivity index (χ0) is 23.8. The van der Waals surface area contributed by atoms with Crippen LogP contribution in [0, 0.1) is 0 Å². The summed E-state index contributed by atoms with van der Waals surface area (Å²) in [4.78, 5) is 37.8. The van der Waals surface area contributed by atoms with Crippen LogP contribution in [0.25, 0.3) is 0 Å². The topological polar surface area (TPSA) is 228 Å². The van der Waals surface area contributed by atoms with Crippen molar-refractivity contribution < 1.29 is 32.5 Å². The van der Waals surface area contributed by atoms with Gasteiger partial charge in [0.25, 0.3) is 16.0 Å². The van der Waals surface area contributed by atoms with Crippen LogP contribution in [0.5, 0.6) is 0 Å². The van der Waals surface area contributed by atoms with Crippen molar-refractivity contribution in [1.29, 1.82) is 0 Å². The van der Waals surface area contributed by atoms with Crippen LogP contribution in [0.15, 0.2) is 22.8 Å². The third kappa shape index (κ3) is 4.96. The molecule has 2 aromatic heterocycles. The summed E-state index contributed by atoms with van der Waals surface area (Å²) in [5.41, 5.74) is 0.179. The first kappa shape index (κ1) is 23.1. The fourth-order valence-corrected chi connectivity index (χ4v) is 6.03. The Kier molecular flexibility index (Phi) is 6.32. The number of nitrogens with zero attached hydrogens (tertiary/aromatic N) is 9. The summed E-state index contributed by atoms with van der Waals surface area (Å²) >= 11 is 2.22. The molecule has 20 heteroatoms. The van der Waals surface area contributed by atoms with Crippen LogP contribution < -0.4 is 5.32 Å². The molecule has 176 valence electrons. The van der Waals surface area contributed by atoms with Gasteiger partial charge in [0.2, 0.25) is 11.1 Å². The van der Waals surface area contributed by atoms with Crippen molar-refractivity contribution in [1.82, 2.24) is 50.6 Å². The van der Waals surface area contributed by atoms with Crippen LogP contribution in [0.4, 0.5) is 0 Å². The number of hydrogen-bond acceptors (Lipinski definition) is 13. The van der Waals surface area contributed by atoms with Gasteiger partial charge in [0.15, 0.2) is 5.88 Å². The summed E-state index contributed by atoms with van der Waals surface area (Å²) in [6.45, 7) is -0.198. The van der Waals surface area contributed by atoms with Crippen molar-refractivity contribution in [3.63, 3.8) is 0 Å². The van der Waals surface area contributed by atoms with Gasteiger partial charge in [-0.1, -0.05) is 11.8 Å². The maximum Gasteiger partial charge on any atom is 0.352 e. The molecule has 2 aromatic rings. The van der Waals surface area contributed by atoms with E-state index in [-0.39, 0.29) is 28.9 Å². The minimum atomic E-state index is -4.39. The molecule has 0 radical (unpaired) electrons. The lowest BCUT2D eigenvalue weighted by Crippen LogP contribution is -2.70. The van der Waals surface area contributed by atoms with Crippen LogP contribution in [0.2, 0.25) is 0 Å². The molecule has 4 rings (SSSR count). The van der Waals surface area contributed by atoms with Gasteiger partial charge in [-0.15, -0.1) is 22.0 Å². The van der Waals surface area contributed by atoms with Crippen molar-refractivity contribution in [2.24, 2.45) is 0 Å². The van der Waals surface area contributed by atoms with Crippen molar-refractivity contribution in [3.05, 3.63) is 17.6 Å². The first-order valence-corrected chi connectivity index (χ1v) is 12.5. The lowest BCUT2D eigenvalue weighted by Gasteiger charge is -2.49. The van der Waals surface area contributed by atoms with E-state index >= 15 is 0 Å². The molecule has 1 fully saturated rings. The molecule has 2 atom stereocenters. The quantitative estimate of drug-likeness (QED) is 0.171. The monoisotopic (exact) mass is 518 g/mol. The normalized spacial score (nSPS) is 20.4. The summed E-state index contributed by atoms with van der Waals surface area (Å²) in [7, 11) is -4.39. The summed E-state index contributed by atoms with van der Waals surface area (Å²) < 4.78 is 33.1. The maximum absolute atomic E-state index is 12.7. The molecular weight excluding hydrogens is 504 g/mol. The maximum atomic E-state index is 12.7. The summed E-state index contributed by atoms with van der Waals surface area (Å²) in [5, 5.41) is 32.6. The van der Waals surface area contributed by atoms with Crippen molar-refractivity contribution >= 4 is 51.4 Å². The lowest BCUT2D eigenvalue weighted by molar-refractivity contribution is -0.150. The number of carbonyl (C=O) groups excluding carboxylic acids is 2. The minimum Gasteiger partial charge on any atom is -0.477 e. The number of thioether (sulfide) groups is 2. The largest absolute Gasteiger partial charge is 0.477 e. The highest BCUT2D eigenvalue weighted by atomic mass is 32.2. The van der Waals surface area contributed by atoms with E-state index in [2.05, 4.69) is 36.4 Å². The number of carboxylic acid groups (broad SMARTS) is 1. The van der Waals surface area contributed by atoms with Crippen LogP contribution in [0.1, 0.15) is 0 Å². The Morgan fingerprint density at radius 1 is 1.30 bits per heavy atom. The second kappa shape index (κ2) is 9.03. The first-order chi connectivity index (χ1) is 15.6. The van der Waals surface area contributed by atoms with E-state index in [1.165, 1.54) is 22.8 Å². The highest BCUT2D eigenvalue weighted by Gasteiger charge is 2.54. The average Bonchev–Trinajstić information content (AvgIpc) is 3.40. The van der Waals surface area contributed by atoms with E-state index in [9.17, 15) is 27.9 Å². The number of fused-ring (bicyclic) bond motifs is 1. The SMILES string of the molecule is O=C(Cn1cnnn1)NC1C(=O)N2C(C(=O)O)=C(CSc3nnnn3CS(=O)(=O)O)CSC12. The Hall–Kier alpha value is -3.10. The van der Waals surface area contributed by atoms with Gasteiger partial charge < -0.3 is 10.4 Å². The van der Waals surface area contributed by atoms with Crippen LogP contribution in [-0.4, -0.2) is 104 Å². The van der Waals surface area contributed by atoms with E-state index in [0.717, 1.165) is 21.3 Å².